The zero-order valence-corrected chi connectivity index (χ0v) is 18.2. The van der Waals surface area contributed by atoms with E-state index in [4.69, 9.17) is 17.3 Å². The van der Waals surface area contributed by atoms with Crippen LogP contribution in [-0.4, -0.2) is 19.5 Å². The topological polar surface area (TPSA) is 123 Å². The average Bonchev–Trinajstić information content (AvgIpc) is 2.72. The molecule has 0 aliphatic carbocycles. The van der Waals surface area contributed by atoms with Crippen molar-refractivity contribution in [2.45, 2.75) is 19.9 Å². The molecule has 2 aromatic heterocycles. The Bertz CT molecular complexity index is 1490. The Hall–Kier alpha value is -4.10. The fraction of sp³-hybridized carbons (Fsp3) is 0.136. The van der Waals surface area contributed by atoms with Gasteiger partial charge in [-0.1, -0.05) is 17.7 Å². The molecule has 0 amide bonds. The summed E-state index contributed by atoms with van der Waals surface area (Å²) in [4.78, 5) is 26.2. The van der Waals surface area contributed by atoms with Crippen LogP contribution in [0.3, 0.4) is 0 Å². The van der Waals surface area contributed by atoms with Crippen LogP contribution in [0.1, 0.15) is 30.2 Å². The highest BCUT2D eigenvalue weighted by atomic mass is 35.5. The first-order valence-corrected chi connectivity index (χ1v) is 10.1. The van der Waals surface area contributed by atoms with Gasteiger partial charge in [0, 0.05) is 6.07 Å². The number of nitrogens with zero attached hydrogens (tertiary/aromatic N) is 5. The van der Waals surface area contributed by atoms with E-state index < -0.39 is 23.2 Å². The largest absolute Gasteiger partial charge is 0.382 e. The highest BCUT2D eigenvalue weighted by molar-refractivity contribution is 6.35. The first-order valence-electron chi connectivity index (χ1n) is 9.68. The summed E-state index contributed by atoms with van der Waals surface area (Å²) in [5, 5.41) is 12.7. The van der Waals surface area contributed by atoms with Crippen molar-refractivity contribution < 1.29 is 8.78 Å². The van der Waals surface area contributed by atoms with Crippen LogP contribution in [-0.2, 0) is 0 Å². The van der Waals surface area contributed by atoms with E-state index in [1.165, 1.54) is 6.07 Å². The minimum atomic E-state index is -0.867. The molecule has 0 bridgehead atoms. The van der Waals surface area contributed by atoms with Gasteiger partial charge in [0.15, 0.2) is 5.82 Å². The van der Waals surface area contributed by atoms with Crippen molar-refractivity contribution in [1.29, 1.82) is 5.26 Å². The number of hydrogen-bond donors (Lipinski definition) is 2. The normalized spacial score (nSPS) is 11.9. The van der Waals surface area contributed by atoms with Gasteiger partial charge in [-0.05, 0) is 38.1 Å². The molecule has 0 aliphatic heterocycles. The van der Waals surface area contributed by atoms with Gasteiger partial charge in [0.2, 0.25) is 0 Å². The third kappa shape index (κ3) is 4.06. The first-order chi connectivity index (χ1) is 15.7. The summed E-state index contributed by atoms with van der Waals surface area (Å²) in [5.41, 5.74) is 5.46. The Kier molecular flexibility index (Phi) is 5.66. The molecular weight excluding hydrogens is 452 g/mol. The van der Waals surface area contributed by atoms with Crippen LogP contribution in [0.4, 0.5) is 20.4 Å². The van der Waals surface area contributed by atoms with E-state index in [1.807, 2.05) is 6.07 Å². The summed E-state index contributed by atoms with van der Waals surface area (Å²) < 4.78 is 29.1. The van der Waals surface area contributed by atoms with E-state index in [0.29, 0.717) is 17.4 Å². The number of benzene rings is 2. The molecule has 0 aliphatic rings. The van der Waals surface area contributed by atoms with Gasteiger partial charge in [-0.3, -0.25) is 9.36 Å². The minimum Gasteiger partial charge on any atom is -0.382 e. The molecule has 0 spiro atoms. The van der Waals surface area contributed by atoms with Gasteiger partial charge in [-0.15, -0.1) is 0 Å². The number of rotatable bonds is 4. The van der Waals surface area contributed by atoms with E-state index in [1.54, 1.807) is 26.0 Å². The summed E-state index contributed by atoms with van der Waals surface area (Å²) >= 11 is 6.24. The van der Waals surface area contributed by atoms with Crippen LogP contribution < -0.4 is 16.6 Å². The van der Waals surface area contributed by atoms with E-state index >= 15 is 0 Å². The van der Waals surface area contributed by atoms with Crippen LogP contribution in [0.2, 0.25) is 5.02 Å². The molecule has 0 saturated carbocycles. The number of nitrogens with one attached hydrogen (secondary N) is 1. The molecule has 8 nitrogen and oxygen atoms in total. The van der Waals surface area contributed by atoms with Crippen molar-refractivity contribution >= 4 is 34.1 Å². The maximum atomic E-state index is 14.0. The first kappa shape index (κ1) is 22.1. The number of nitriles is 1. The van der Waals surface area contributed by atoms with Gasteiger partial charge in [0.1, 0.15) is 40.7 Å². The summed E-state index contributed by atoms with van der Waals surface area (Å²) in [7, 11) is 0. The number of nitrogens with two attached hydrogens (primary N) is 1. The van der Waals surface area contributed by atoms with Gasteiger partial charge in [-0.25, -0.2) is 23.7 Å². The lowest BCUT2D eigenvalue weighted by Crippen LogP contribution is -2.28. The molecule has 3 N–H and O–H groups in total. The lowest BCUT2D eigenvalue weighted by molar-refractivity contribution is 0.579. The van der Waals surface area contributed by atoms with Crippen LogP contribution >= 0.6 is 11.6 Å². The molecule has 2 aromatic carbocycles. The number of hydrogen-bond acceptors (Lipinski definition) is 7. The third-order valence-corrected chi connectivity index (χ3v) is 5.19. The molecule has 11 heteroatoms. The van der Waals surface area contributed by atoms with Crippen molar-refractivity contribution in [3.8, 4) is 11.8 Å². The molecule has 0 fully saturated rings. The number of fused-ring (bicyclic) bond motifs is 1. The molecule has 166 valence electrons. The third-order valence-electron chi connectivity index (χ3n) is 4.88. The fourth-order valence-corrected chi connectivity index (χ4v) is 3.74. The summed E-state index contributed by atoms with van der Waals surface area (Å²) in [6.45, 7) is 3.26. The summed E-state index contributed by atoms with van der Waals surface area (Å²) in [5.74, 6) is -1.18. The fourth-order valence-electron chi connectivity index (χ4n) is 3.49. The van der Waals surface area contributed by atoms with Crippen molar-refractivity contribution in [2.24, 2.45) is 0 Å². The Morgan fingerprint density at radius 1 is 1.18 bits per heavy atom. The Labute approximate surface area is 191 Å². The summed E-state index contributed by atoms with van der Waals surface area (Å²) in [6.07, 6.45) is 0. The lowest BCUT2D eigenvalue weighted by atomic mass is 10.2. The van der Waals surface area contributed by atoms with Crippen molar-refractivity contribution in [2.75, 3.05) is 11.1 Å². The molecule has 0 unspecified atom stereocenters. The smallest absolute Gasteiger partial charge is 0.267 e. The molecule has 2 heterocycles. The van der Waals surface area contributed by atoms with E-state index in [2.05, 4.69) is 20.3 Å². The number of halogens is 3. The van der Waals surface area contributed by atoms with E-state index in [-0.39, 0.29) is 39.1 Å². The van der Waals surface area contributed by atoms with Gasteiger partial charge >= 0.3 is 0 Å². The number of aromatic nitrogens is 4. The van der Waals surface area contributed by atoms with Crippen LogP contribution in [0, 0.1) is 29.9 Å². The standard InChI is InChI=1S/C22H16ClF2N7O/c1-10(28-20-15(9-26)19(27)29-11(2)30-20)21-31-17-5-3-4-16(23)18(17)22(33)32(21)14-7-12(24)6-13(25)8-14/h3-8,10H,1-2H3,(H3,27,28,29,30)/t10-/m0/s1. The van der Waals surface area contributed by atoms with Crippen molar-refractivity contribution in [3.63, 3.8) is 0 Å². The molecule has 4 aromatic rings. The second-order valence-corrected chi connectivity index (χ2v) is 7.64. The van der Waals surface area contributed by atoms with E-state index in [0.717, 1.165) is 16.7 Å². The Morgan fingerprint density at radius 2 is 1.88 bits per heavy atom. The zero-order chi connectivity index (χ0) is 23.9. The second-order valence-electron chi connectivity index (χ2n) is 7.23. The monoisotopic (exact) mass is 467 g/mol. The van der Waals surface area contributed by atoms with Gasteiger partial charge < -0.3 is 11.1 Å². The molecule has 0 radical (unpaired) electrons. The highest BCUT2D eigenvalue weighted by Gasteiger charge is 2.22. The molecule has 33 heavy (non-hydrogen) atoms. The second kappa shape index (κ2) is 8.44. The van der Waals surface area contributed by atoms with Gasteiger partial charge in [0.05, 0.1) is 27.7 Å². The number of nitrogen functional groups attached to an aromatic ring is 1. The quantitative estimate of drug-likeness (QED) is 0.464. The SMILES string of the molecule is Cc1nc(N)c(C#N)c(N[C@@H](C)c2nc3cccc(Cl)c3c(=O)n2-c2cc(F)cc(F)c2)n1. The summed E-state index contributed by atoms with van der Waals surface area (Å²) in [6, 6.07) is 8.66. The van der Waals surface area contributed by atoms with Crippen molar-refractivity contribution in [1.82, 2.24) is 19.5 Å². The average molecular weight is 468 g/mol. The molecule has 0 saturated heterocycles. The van der Waals surface area contributed by atoms with Crippen LogP contribution in [0.15, 0.2) is 41.2 Å². The zero-order valence-electron chi connectivity index (χ0n) is 17.4. The maximum absolute atomic E-state index is 14.0. The molecular formula is C22H16ClF2N7O. The predicted octanol–water partition coefficient (Wildman–Crippen LogP) is 4.04. The van der Waals surface area contributed by atoms with Crippen LogP contribution in [0.25, 0.3) is 16.6 Å². The maximum Gasteiger partial charge on any atom is 0.267 e. The minimum absolute atomic E-state index is 0.0115. The highest BCUT2D eigenvalue weighted by Crippen LogP contribution is 2.27. The van der Waals surface area contributed by atoms with E-state index in [9.17, 15) is 18.8 Å². The lowest BCUT2D eigenvalue weighted by Gasteiger charge is -2.21. The number of aryl methyl sites for hydroxylation is 1. The van der Waals surface area contributed by atoms with Gasteiger partial charge in [-0.2, -0.15) is 5.26 Å². The number of anilines is 2. The molecule has 1 atom stereocenters. The van der Waals surface area contributed by atoms with Crippen molar-refractivity contribution in [3.05, 3.63) is 80.6 Å². The van der Waals surface area contributed by atoms with Crippen LogP contribution in [0.5, 0.6) is 0 Å². The molecule has 4 rings (SSSR count). The Balaban J connectivity index is 1.97. The predicted molar refractivity (Wildman–Crippen MR) is 120 cm³/mol. The van der Waals surface area contributed by atoms with Gasteiger partial charge in [0.25, 0.3) is 5.56 Å². The Morgan fingerprint density at radius 3 is 2.55 bits per heavy atom.